The molecule has 4 aliphatic carbocycles. The summed E-state index contributed by atoms with van der Waals surface area (Å²) in [4.78, 5) is 4.53. The molecule has 5 nitrogen and oxygen atoms in total. The molecular formula is C33H47NO4. The Morgan fingerprint density at radius 3 is 2.71 bits per heavy atom. The fraction of sp³-hybridized carbons (Fsp3) is 0.667. The van der Waals surface area contributed by atoms with E-state index >= 15 is 0 Å². The SMILES string of the molecule is C=C1C(=CC=C2CCC[C@]3(C)[C@@H]([C@H](C)C=C[C@@H](O)C4(c5ncc(CCC)o5)CC4)CC[C@@H]23)C[C@@H](O)C[C@@H]1O. The molecule has 5 heteroatoms. The molecule has 0 saturated heterocycles. The van der Waals surface area contributed by atoms with Crippen LogP contribution in [0.3, 0.4) is 0 Å². The van der Waals surface area contributed by atoms with Gasteiger partial charge in [0, 0.05) is 12.8 Å². The van der Waals surface area contributed by atoms with Gasteiger partial charge in [-0.25, -0.2) is 4.98 Å². The second-order valence-electron chi connectivity index (χ2n) is 12.9. The van der Waals surface area contributed by atoms with E-state index < -0.39 is 18.3 Å². The maximum Gasteiger partial charge on any atom is 0.203 e. The molecule has 0 radical (unpaired) electrons. The Hall–Kier alpha value is -1.95. The first-order valence-electron chi connectivity index (χ1n) is 14.9. The first-order chi connectivity index (χ1) is 18.2. The van der Waals surface area contributed by atoms with Crippen LogP contribution in [-0.2, 0) is 11.8 Å². The van der Waals surface area contributed by atoms with E-state index in [2.05, 4.69) is 50.6 Å². The van der Waals surface area contributed by atoms with E-state index in [0.29, 0.717) is 36.5 Å². The first kappa shape index (κ1) is 27.6. The minimum absolute atomic E-state index is 0.245. The Kier molecular flexibility index (Phi) is 7.92. The normalized spacial score (nSPS) is 36.6. The summed E-state index contributed by atoms with van der Waals surface area (Å²) in [7, 11) is 0. The van der Waals surface area contributed by atoms with Crippen LogP contribution in [0.1, 0.15) is 96.6 Å². The molecule has 4 saturated carbocycles. The second kappa shape index (κ2) is 10.9. The number of aliphatic hydroxyl groups excluding tert-OH is 3. The Balaban J connectivity index is 1.27. The van der Waals surface area contributed by atoms with E-state index in [9.17, 15) is 15.3 Å². The number of hydrogen-bond acceptors (Lipinski definition) is 5. The molecule has 0 bridgehead atoms. The molecule has 1 heterocycles. The summed E-state index contributed by atoms with van der Waals surface area (Å²) in [6.45, 7) is 11.0. The molecule has 1 aromatic heterocycles. The molecule has 0 amide bonds. The van der Waals surface area contributed by atoms with Crippen LogP contribution in [-0.4, -0.2) is 38.6 Å². The Labute approximate surface area is 228 Å². The number of rotatable bonds is 8. The van der Waals surface area contributed by atoms with Crippen LogP contribution in [0, 0.1) is 23.2 Å². The minimum Gasteiger partial charge on any atom is -0.445 e. The van der Waals surface area contributed by atoms with Gasteiger partial charge in [-0.05, 0) is 92.1 Å². The zero-order valence-electron chi connectivity index (χ0n) is 23.5. The number of oxazole rings is 1. The zero-order chi connectivity index (χ0) is 27.1. The van der Waals surface area contributed by atoms with Crippen molar-refractivity contribution in [2.45, 2.75) is 115 Å². The van der Waals surface area contributed by atoms with Crippen molar-refractivity contribution >= 4 is 0 Å². The highest BCUT2D eigenvalue weighted by molar-refractivity contribution is 5.38. The minimum atomic E-state index is -0.643. The summed E-state index contributed by atoms with van der Waals surface area (Å²) in [6.07, 6.45) is 19.5. The lowest BCUT2D eigenvalue weighted by molar-refractivity contribution is 0.0862. The third-order valence-electron chi connectivity index (χ3n) is 10.4. The van der Waals surface area contributed by atoms with Gasteiger partial charge < -0.3 is 19.7 Å². The second-order valence-corrected chi connectivity index (χ2v) is 12.9. The number of aryl methyl sites for hydroxylation is 1. The molecular weight excluding hydrogens is 474 g/mol. The Morgan fingerprint density at radius 2 is 1.97 bits per heavy atom. The Bertz CT molecular complexity index is 1110. The van der Waals surface area contributed by atoms with E-state index in [1.165, 1.54) is 31.3 Å². The van der Waals surface area contributed by atoms with Crippen LogP contribution in [0.25, 0.3) is 0 Å². The van der Waals surface area contributed by atoms with Gasteiger partial charge in [0.15, 0.2) is 0 Å². The maximum absolute atomic E-state index is 11.2. The third kappa shape index (κ3) is 5.14. The van der Waals surface area contributed by atoms with E-state index in [-0.39, 0.29) is 10.8 Å². The number of nitrogens with zero attached hydrogens (tertiary/aromatic N) is 1. The van der Waals surface area contributed by atoms with Crippen molar-refractivity contribution in [2.75, 3.05) is 0 Å². The van der Waals surface area contributed by atoms with Gasteiger partial charge in [0.25, 0.3) is 0 Å². The molecule has 0 aliphatic heterocycles. The number of hydrogen-bond donors (Lipinski definition) is 3. The monoisotopic (exact) mass is 521 g/mol. The molecule has 0 spiro atoms. The highest BCUT2D eigenvalue weighted by Crippen LogP contribution is 2.60. The summed E-state index contributed by atoms with van der Waals surface area (Å²) in [5.74, 6) is 3.14. The van der Waals surface area contributed by atoms with Crippen molar-refractivity contribution in [1.29, 1.82) is 0 Å². The lowest BCUT2D eigenvalue weighted by atomic mass is 9.61. The fourth-order valence-electron chi connectivity index (χ4n) is 7.88. The van der Waals surface area contributed by atoms with Crippen LogP contribution >= 0.6 is 0 Å². The van der Waals surface area contributed by atoms with Gasteiger partial charge in [-0.1, -0.05) is 57.2 Å². The summed E-state index contributed by atoms with van der Waals surface area (Å²) in [6, 6.07) is 0. The average Bonchev–Trinajstić information content (AvgIpc) is 3.42. The summed E-state index contributed by atoms with van der Waals surface area (Å²) in [5, 5.41) is 31.5. The quantitative estimate of drug-likeness (QED) is 0.347. The van der Waals surface area contributed by atoms with Crippen molar-refractivity contribution in [3.63, 3.8) is 0 Å². The van der Waals surface area contributed by atoms with Crippen LogP contribution in [0.15, 0.2) is 58.2 Å². The van der Waals surface area contributed by atoms with E-state index in [1.807, 2.05) is 12.3 Å². The van der Waals surface area contributed by atoms with Gasteiger partial charge in [0.1, 0.15) is 5.76 Å². The Morgan fingerprint density at radius 1 is 1.18 bits per heavy atom. The van der Waals surface area contributed by atoms with E-state index in [1.54, 1.807) is 0 Å². The topological polar surface area (TPSA) is 86.7 Å². The number of allylic oxidation sites excluding steroid dienone is 4. The smallest absolute Gasteiger partial charge is 0.203 e. The number of aliphatic hydroxyl groups is 3. The largest absolute Gasteiger partial charge is 0.445 e. The molecule has 4 aliphatic rings. The highest BCUT2D eigenvalue weighted by Gasteiger charge is 2.54. The average molecular weight is 522 g/mol. The molecule has 0 unspecified atom stereocenters. The van der Waals surface area contributed by atoms with Crippen LogP contribution in [0.4, 0.5) is 0 Å². The van der Waals surface area contributed by atoms with Crippen molar-refractivity contribution in [3.8, 4) is 0 Å². The van der Waals surface area contributed by atoms with Gasteiger partial charge in [-0.15, -0.1) is 0 Å². The summed E-state index contributed by atoms with van der Waals surface area (Å²) in [5.41, 5.74) is 3.15. The zero-order valence-corrected chi connectivity index (χ0v) is 23.5. The van der Waals surface area contributed by atoms with Crippen molar-refractivity contribution in [1.82, 2.24) is 4.98 Å². The van der Waals surface area contributed by atoms with E-state index in [0.717, 1.165) is 49.0 Å². The van der Waals surface area contributed by atoms with Crippen molar-refractivity contribution in [3.05, 3.63) is 65.5 Å². The molecule has 3 N–H and O–H groups in total. The number of fused-ring (bicyclic) bond motifs is 1. The fourth-order valence-corrected chi connectivity index (χ4v) is 7.88. The molecule has 1 aromatic rings. The van der Waals surface area contributed by atoms with Crippen LogP contribution in [0.5, 0.6) is 0 Å². The third-order valence-corrected chi connectivity index (χ3v) is 10.4. The maximum atomic E-state index is 11.2. The number of aromatic nitrogens is 1. The molecule has 38 heavy (non-hydrogen) atoms. The summed E-state index contributed by atoms with van der Waals surface area (Å²) >= 11 is 0. The predicted octanol–water partition coefficient (Wildman–Crippen LogP) is 6.35. The molecule has 4 fully saturated rings. The summed E-state index contributed by atoms with van der Waals surface area (Å²) < 4.78 is 6.01. The lowest BCUT2D eigenvalue weighted by Gasteiger charge is -2.44. The first-order valence-corrected chi connectivity index (χ1v) is 14.9. The van der Waals surface area contributed by atoms with Gasteiger partial charge >= 0.3 is 0 Å². The van der Waals surface area contributed by atoms with Crippen molar-refractivity contribution < 1.29 is 19.7 Å². The molecule has 208 valence electrons. The molecule has 0 aromatic carbocycles. The predicted molar refractivity (Wildman–Crippen MR) is 150 cm³/mol. The van der Waals surface area contributed by atoms with Crippen LogP contribution in [0.2, 0.25) is 0 Å². The molecule has 5 rings (SSSR count). The van der Waals surface area contributed by atoms with Gasteiger partial charge in [0.2, 0.25) is 5.89 Å². The van der Waals surface area contributed by atoms with Gasteiger partial charge in [-0.3, -0.25) is 0 Å². The highest BCUT2D eigenvalue weighted by atomic mass is 16.4. The van der Waals surface area contributed by atoms with Crippen molar-refractivity contribution in [2.24, 2.45) is 23.2 Å². The van der Waals surface area contributed by atoms with Gasteiger partial charge in [0.05, 0.1) is 29.9 Å². The lowest BCUT2D eigenvalue weighted by Crippen LogP contribution is -2.35. The molecule has 7 atom stereocenters. The van der Waals surface area contributed by atoms with Gasteiger partial charge in [-0.2, -0.15) is 0 Å². The van der Waals surface area contributed by atoms with Crippen LogP contribution < -0.4 is 0 Å². The van der Waals surface area contributed by atoms with E-state index in [4.69, 9.17) is 4.42 Å². The standard InChI is InChI=1S/C33H47NO4/c1-5-7-26-20-34-31(38-26)33(16-17-33)30(37)14-9-21(2)27-12-13-28-23(8-6-15-32(27,28)4)10-11-24-18-25(35)19-29(36)22(24)3/h9-11,14,20-21,25,27-30,35-37H,3,5-8,12-13,15-19H2,1-2,4H3/t21-,25-,27-,28+,29+,30-,32-/m1/s1.